The Morgan fingerprint density at radius 1 is 1.26 bits per heavy atom. The summed E-state index contributed by atoms with van der Waals surface area (Å²) in [6.07, 6.45) is 0.255. The van der Waals surface area contributed by atoms with Gasteiger partial charge in [-0.25, -0.2) is 0 Å². The largest absolute Gasteiger partial charge is 0.461 e. The van der Waals surface area contributed by atoms with Gasteiger partial charge in [-0.2, -0.15) is 0 Å². The van der Waals surface area contributed by atoms with Crippen molar-refractivity contribution in [2.75, 3.05) is 20.6 Å². The van der Waals surface area contributed by atoms with Gasteiger partial charge in [0.1, 0.15) is 6.61 Å². The molecule has 0 aromatic heterocycles. The van der Waals surface area contributed by atoms with Gasteiger partial charge in [0.15, 0.2) is 0 Å². The summed E-state index contributed by atoms with van der Waals surface area (Å²) in [7, 11) is 3.85. The van der Waals surface area contributed by atoms with Crippen molar-refractivity contribution >= 4 is 30.8 Å². The monoisotopic (exact) mass is 308 g/mol. The molecule has 1 aromatic rings. The number of rotatable bonds is 6. The number of hydrogen-bond donors (Lipinski definition) is 1. The van der Waals surface area contributed by atoms with Gasteiger partial charge in [0, 0.05) is 12.6 Å². The van der Waals surface area contributed by atoms with E-state index in [-0.39, 0.29) is 43.2 Å². The van der Waals surface area contributed by atoms with Crippen molar-refractivity contribution < 1.29 is 9.53 Å². The lowest BCUT2D eigenvalue weighted by Gasteiger charge is -2.16. The molecule has 1 aromatic carbocycles. The number of likely N-dealkylation sites (N-methyl/N-ethyl adjacent to an activating group) is 1. The van der Waals surface area contributed by atoms with E-state index < -0.39 is 0 Å². The van der Waals surface area contributed by atoms with E-state index in [9.17, 15) is 4.79 Å². The molecule has 0 saturated heterocycles. The molecule has 6 heteroatoms. The van der Waals surface area contributed by atoms with Crippen LogP contribution in [-0.2, 0) is 16.1 Å². The van der Waals surface area contributed by atoms with Crippen LogP contribution in [0.4, 0.5) is 0 Å². The molecule has 1 rings (SSSR count). The third-order valence-electron chi connectivity index (χ3n) is 2.27. The topological polar surface area (TPSA) is 55.6 Å². The predicted molar refractivity (Wildman–Crippen MR) is 81.9 cm³/mol. The molecule has 0 aliphatic heterocycles. The van der Waals surface area contributed by atoms with Gasteiger partial charge in [0.05, 0.1) is 6.42 Å². The molecule has 0 spiro atoms. The second-order valence-corrected chi connectivity index (χ2v) is 4.37. The van der Waals surface area contributed by atoms with Crippen molar-refractivity contribution in [3.8, 4) is 0 Å². The third-order valence-corrected chi connectivity index (χ3v) is 2.27. The van der Waals surface area contributed by atoms with Gasteiger partial charge in [-0.05, 0) is 19.7 Å². The molecule has 0 aliphatic carbocycles. The highest BCUT2D eigenvalue weighted by Crippen LogP contribution is 2.02. The van der Waals surface area contributed by atoms with Crippen molar-refractivity contribution in [2.45, 2.75) is 19.1 Å². The number of benzene rings is 1. The molecule has 0 radical (unpaired) electrons. The van der Waals surface area contributed by atoms with E-state index in [4.69, 9.17) is 10.5 Å². The predicted octanol–water partition coefficient (Wildman–Crippen LogP) is 1.85. The molecule has 0 amide bonds. The van der Waals surface area contributed by atoms with E-state index in [0.717, 1.165) is 5.56 Å². The second-order valence-electron chi connectivity index (χ2n) is 4.37. The van der Waals surface area contributed by atoms with Crippen LogP contribution in [0.2, 0.25) is 0 Å². The fourth-order valence-corrected chi connectivity index (χ4v) is 1.54. The Morgan fingerprint density at radius 3 is 2.37 bits per heavy atom. The van der Waals surface area contributed by atoms with Crippen LogP contribution in [0, 0.1) is 0 Å². The van der Waals surface area contributed by atoms with Crippen molar-refractivity contribution in [2.24, 2.45) is 5.73 Å². The zero-order valence-electron chi connectivity index (χ0n) is 11.2. The Bertz CT molecular complexity index is 348. The summed E-state index contributed by atoms with van der Waals surface area (Å²) < 4.78 is 5.14. The average Bonchev–Trinajstić information content (AvgIpc) is 2.26. The zero-order chi connectivity index (χ0) is 12.7. The summed E-state index contributed by atoms with van der Waals surface area (Å²) in [5.74, 6) is -0.247. The summed E-state index contributed by atoms with van der Waals surface area (Å²) in [6.45, 7) is 0.995. The summed E-state index contributed by atoms with van der Waals surface area (Å²) in [4.78, 5) is 13.4. The summed E-state index contributed by atoms with van der Waals surface area (Å²) in [5.41, 5.74) is 6.79. The number of nitrogens with zero attached hydrogens (tertiary/aromatic N) is 1. The molecule has 0 saturated carbocycles. The molecular formula is C13H22Cl2N2O2. The molecule has 0 unspecified atom stereocenters. The van der Waals surface area contributed by atoms with E-state index in [1.807, 2.05) is 49.3 Å². The number of hydrogen-bond acceptors (Lipinski definition) is 4. The van der Waals surface area contributed by atoms with Gasteiger partial charge in [0.2, 0.25) is 0 Å². The number of carbonyl (C=O) groups is 1. The van der Waals surface area contributed by atoms with Crippen LogP contribution in [0.3, 0.4) is 0 Å². The van der Waals surface area contributed by atoms with Crippen LogP contribution in [0.1, 0.15) is 12.0 Å². The van der Waals surface area contributed by atoms with Crippen LogP contribution in [0.15, 0.2) is 30.3 Å². The summed E-state index contributed by atoms with van der Waals surface area (Å²) >= 11 is 0. The van der Waals surface area contributed by atoms with Gasteiger partial charge in [-0.15, -0.1) is 24.8 Å². The molecule has 1 atom stereocenters. The second kappa shape index (κ2) is 11.1. The maximum Gasteiger partial charge on any atom is 0.307 e. The van der Waals surface area contributed by atoms with Crippen LogP contribution in [0.5, 0.6) is 0 Å². The number of halogens is 2. The molecule has 0 heterocycles. The molecule has 19 heavy (non-hydrogen) atoms. The van der Waals surface area contributed by atoms with Gasteiger partial charge < -0.3 is 15.4 Å². The Hall–Kier alpha value is -0.810. The summed E-state index contributed by atoms with van der Waals surface area (Å²) in [6, 6.07) is 9.44. The number of nitrogens with two attached hydrogens (primary N) is 1. The fourth-order valence-electron chi connectivity index (χ4n) is 1.54. The zero-order valence-corrected chi connectivity index (χ0v) is 12.9. The first-order valence-electron chi connectivity index (χ1n) is 5.68. The smallest absolute Gasteiger partial charge is 0.307 e. The standard InChI is InChI=1S/C13H20N2O2.2ClH/c1-15(2)9-12(14)8-13(16)17-10-11-6-4-3-5-7-11;;/h3-7,12H,8-10,14H2,1-2H3;2*1H/t12-;;/m1../s1. The quantitative estimate of drug-likeness (QED) is 0.815. The van der Waals surface area contributed by atoms with Gasteiger partial charge >= 0.3 is 5.97 Å². The lowest BCUT2D eigenvalue weighted by atomic mass is 10.2. The van der Waals surface area contributed by atoms with Crippen molar-refractivity contribution in [3.05, 3.63) is 35.9 Å². The molecule has 0 bridgehead atoms. The lowest BCUT2D eigenvalue weighted by Crippen LogP contribution is -2.35. The van der Waals surface area contributed by atoms with Crippen LogP contribution < -0.4 is 5.73 Å². The van der Waals surface area contributed by atoms with Crippen LogP contribution >= 0.6 is 24.8 Å². The number of esters is 1. The van der Waals surface area contributed by atoms with Gasteiger partial charge in [0.25, 0.3) is 0 Å². The average molecular weight is 309 g/mol. The Kier molecular flexibility index (Phi) is 11.9. The minimum atomic E-state index is -0.247. The minimum Gasteiger partial charge on any atom is -0.461 e. The molecule has 0 fully saturated rings. The molecular weight excluding hydrogens is 287 g/mol. The maximum absolute atomic E-state index is 11.5. The van der Waals surface area contributed by atoms with Crippen molar-refractivity contribution in [3.63, 3.8) is 0 Å². The highest BCUT2D eigenvalue weighted by molar-refractivity contribution is 5.85. The first-order chi connectivity index (χ1) is 8.08. The number of carbonyl (C=O) groups excluding carboxylic acids is 1. The van der Waals surface area contributed by atoms with Crippen molar-refractivity contribution in [1.82, 2.24) is 4.90 Å². The molecule has 110 valence electrons. The van der Waals surface area contributed by atoms with E-state index in [0.29, 0.717) is 13.2 Å². The summed E-state index contributed by atoms with van der Waals surface area (Å²) in [5, 5.41) is 0. The lowest BCUT2D eigenvalue weighted by molar-refractivity contribution is -0.145. The van der Waals surface area contributed by atoms with Gasteiger partial charge in [-0.1, -0.05) is 30.3 Å². The first kappa shape index (κ1) is 20.5. The fraction of sp³-hybridized carbons (Fsp3) is 0.462. The van der Waals surface area contributed by atoms with E-state index in [1.54, 1.807) is 0 Å². The molecule has 4 nitrogen and oxygen atoms in total. The normalized spacial score (nSPS) is 11.2. The van der Waals surface area contributed by atoms with E-state index in [2.05, 4.69) is 0 Å². The maximum atomic E-state index is 11.5. The first-order valence-corrected chi connectivity index (χ1v) is 5.68. The van der Waals surface area contributed by atoms with Crippen LogP contribution in [-0.4, -0.2) is 37.6 Å². The molecule has 0 aliphatic rings. The third kappa shape index (κ3) is 9.73. The van der Waals surface area contributed by atoms with E-state index >= 15 is 0 Å². The Balaban J connectivity index is 0. The Labute approximate surface area is 127 Å². The molecule has 2 N–H and O–H groups in total. The van der Waals surface area contributed by atoms with Crippen molar-refractivity contribution in [1.29, 1.82) is 0 Å². The SMILES string of the molecule is CN(C)C[C@H](N)CC(=O)OCc1ccccc1.Cl.Cl. The highest BCUT2D eigenvalue weighted by atomic mass is 35.5. The Morgan fingerprint density at radius 2 is 1.84 bits per heavy atom. The van der Waals surface area contributed by atoms with E-state index in [1.165, 1.54) is 0 Å². The minimum absolute atomic E-state index is 0. The number of ether oxygens (including phenoxy) is 1. The highest BCUT2D eigenvalue weighted by Gasteiger charge is 2.11. The van der Waals surface area contributed by atoms with Crippen LogP contribution in [0.25, 0.3) is 0 Å². The van der Waals surface area contributed by atoms with Gasteiger partial charge in [-0.3, -0.25) is 4.79 Å².